The molecule has 0 spiro atoms. The van der Waals surface area contributed by atoms with E-state index in [2.05, 4.69) is 68.2 Å². The minimum Gasteiger partial charge on any atom is -0.332 e. The van der Waals surface area contributed by atoms with E-state index in [1.807, 2.05) is 0 Å². The Kier molecular flexibility index (Phi) is 6.60. The van der Waals surface area contributed by atoms with Crippen molar-refractivity contribution in [3.05, 3.63) is 30.3 Å². The van der Waals surface area contributed by atoms with Gasteiger partial charge in [-0.2, -0.15) is 0 Å². The van der Waals surface area contributed by atoms with Crippen molar-refractivity contribution in [1.82, 2.24) is 5.32 Å². The minimum absolute atomic E-state index is 0.248. The SMILES string of the molecule is CC(NCC(=S)N(c1ccccc1)C1CCCCC1)C(C)(C)C. The second kappa shape index (κ2) is 8.25. The molecule has 0 bridgehead atoms. The molecule has 0 amide bonds. The van der Waals surface area contributed by atoms with E-state index in [1.54, 1.807) is 0 Å². The number of nitrogens with zero attached hydrogens (tertiary/aromatic N) is 1. The van der Waals surface area contributed by atoms with Gasteiger partial charge < -0.3 is 10.2 Å². The summed E-state index contributed by atoms with van der Waals surface area (Å²) in [5.41, 5.74) is 1.49. The van der Waals surface area contributed by atoms with Crippen molar-refractivity contribution in [2.45, 2.75) is 71.9 Å². The van der Waals surface area contributed by atoms with E-state index < -0.39 is 0 Å². The lowest BCUT2D eigenvalue weighted by Crippen LogP contribution is -2.48. The lowest BCUT2D eigenvalue weighted by Gasteiger charge is -2.37. The highest BCUT2D eigenvalue weighted by Gasteiger charge is 2.26. The van der Waals surface area contributed by atoms with Crippen LogP contribution in [0, 0.1) is 5.41 Å². The van der Waals surface area contributed by atoms with E-state index in [0.717, 1.165) is 11.5 Å². The minimum atomic E-state index is 0.248. The standard InChI is InChI=1S/C20H32N2S/c1-16(20(2,3)4)21-15-19(23)22(17-11-7-5-8-12-17)18-13-9-6-10-14-18/h5,7-8,11-12,16,18,21H,6,9-10,13-15H2,1-4H3. The number of hydrogen-bond donors (Lipinski definition) is 1. The largest absolute Gasteiger partial charge is 0.332 e. The lowest BCUT2D eigenvalue weighted by molar-refractivity contribution is 0.296. The average molecular weight is 333 g/mol. The van der Waals surface area contributed by atoms with Gasteiger partial charge in [-0.15, -0.1) is 0 Å². The van der Waals surface area contributed by atoms with E-state index in [-0.39, 0.29) is 5.41 Å². The van der Waals surface area contributed by atoms with E-state index in [0.29, 0.717) is 12.1 Å². The van der Waals surface area contributed by atoms with Gasteiger partial charge in [0.2, 0.25) is 0 Å². The Bertz CT molecular complexity index is 486. The molecule has 1 atom stereocenters. The summed E-state index contributed by atoms with van der Waals surface area (Å²) in [6, 6.07) is 11.7. The molecule has 0 aliphatic heterocycles. The second-order valence-electron chi connectivity index (χ2n) is 7.86. The molecule has 1 aromatic rings. The van der Waals surface area contributed by atoms with Gasteiger partial charge in [-0.25, -0.2) is 0 Å². The quantitative estimate of drug-likeness (QED) is 0.748. The fraction of sp³-hybridized carbons (Fsp3) is 0.650. The first-order valence-corrected chi connectivity index (χ1v) is 9.41. The first-order chi connectivity index (χ1) is 10.9. The third-order valence-corrected chi connectivity index (χ3v) is 5.44. The van der Waals surface area contributed by atoms with Crippen LogP contribution in [0.3, 0.4) is 0 Å². The van der Waals surface area contributed by atoms with Crippen LogP contribution in [0.15, 0.2) is 30.3 Å². The Morgan fingerprint density at radius 2 is 1.78 bits per heavy atom. The fourth-order valence-corrected chi connectivity index (χ4v) is 3.46. The zero-order valence-electron chi connectivity index (χ0n) is 15.1. The zero-order valence-corrected chi connectivity index (χ0v) is 16.0. The number of hydrogen-bond acceptors (Lipinski definition) is 2. The smallest absolute Gasteiger partial charge is 0.0966 e. The Labute approximate surface area is 147 Å². The number of benzene rings is 1. The first-order valence-electron chi connectivity index (χ1n) is 9.00. The number of rotatable bonds is 5. The molecule has 1 saturated carbocycles. The third-order valence-electron chi connectivity index (χ3n) is 5.10. The summed E-state index contributed by atoms with van der Waals surface area (Å²) in [6.45, 7) is 9.83. The molecular weight excluding hydrogens is 300 g/mol. The van der Waals surface area contributed by atoms with Crippen LogP contribution >= 0.6 is 12.2 Å². The van der Waals surface area contributed by atoms with E-state index in [4.69, 9.17) is 12.2 Å². The van der Waals surface area contributed by atoms with Crippen molar-refractivity contribution >= 4 is 22.9 Å². The van der Waals surface area contributed by atoms with Crippen molar-refractivity contribution in [1.29, 1.82) is 0 Å². The van der Waals surface area contributed by atoms with Crippen molar-refractivity contribution < 1.29 is 0 Å². The van der Waals surface area contributed by atoms with Gasteiger partial charge in [0, 0.05) is 24.3 Å². The molecule has 0 saturated heterocycles. The van der Waals surface area contributed by atoms with Gasteiger partial charge in [0.1, 0.15) is 0 Å². The highest BCUT2D eigenvalue weighted by Crippen LogP contribution is 2.28. The maximum atomic E-state index is 5.84. The van der Waals surface area contributed by atoms with Crippen LogP contribution in [0.1, 0.15) is 59.8 Å². The molecule has 1 unspecified atom stereocenters. The monoisotopic (exact) mass is 332 g/mol. The predicted molar refractivity (Wildman–Crippen MR) is 105 cm³/mol. The summed E-state index contributed by atoms with van der Waals surface area (Å²) in [7, 11) is 0. The summed E-state index contributed by atoms with van der Waals surface area (Å²) in [5.74, 6) is 0. The Balaban J connectivity index is 2.08. The van der Waals surface area contributed by atoms with Crippen molar-refractivity contribution in [2.24, 2.45) is 5.41 Å². The molecule has 1 fully saturated rings. The van der Waals surface area contributed by atoms with Gasteiger partial charge in [-0.05, 0) is 37.3 Å². The second-order valence-corrected chi connectivity index (χ2v) is 8.33. The van der Waals surface area contributed by atoms with Crippen LogP contribution in [0.2, 0.25) is 0 Å². The van der Waals surface area contributed by atoms with Gasteiger partial charge in [-0.1, -0.05) is 70.5 Å². The van der Waals surface area contributed by atoms with Crippen LogP contribution in [-0.2, 0) is 0 Å². The summed E-state index contributed by atoms with van der Waals surface area (Å²) < 4.78 is 0. The maximum absolute atomic E-state index is 5.84. The van der Waals surface area contributed by atoms with Crippen LogP contribution in [-0.4, -0.2) is 23.6 Å². The molecule has 0 radical (unpaired) electrons. The zero-order chi connectivity index (χ0) is 16.9. The molecule has 23 heavy (non-hydrogen) atoms. The van der Waals surface area contributed by atoms with Crippen LogP contribution in [0.4, 0.5) is 5.69 Å². The summed E-state index contributed by atoms with van der Waals surface area (Å²) in [5, 5.41) is 3.63. The molecule has 1 aromatic carbocycles. The fourth-order valence-electron chi connectivity index (χ4n) is 3.12. The van der Waals surface area contributed by atoms with E-state index in [1.165, 1.54) is 37.8 Å². The van der Waals surface area contributed by atoms with Crippen molar-refractivity contribution in [3.63, 3.8) is 0 Å². The normalized spacial score (nSPS) is 17.7. The Hall–Kier alpha value is -0.930. The Morgan fingerprint density at radius 3 is 2.35 bits per heavy atom. The maximum Gasteiger partial charge on any atom is 0.0966 e. The van der Waals surface area contributed by atoms with E-state index in [9.17, 15) is 0 Å². The van der Waals surface area contributed by atoms with Crippen LogP contribution in [0.25, 0.3) is 0 Å². The van der Waals surface area contributed by atoms with Gasteiger partial charge in [0.25, 0.3) is 0 Å². The molecular formula is C20H32N2S. The van der Waals surface area contributed by atoms with Crippen LogP contribution < -0.4 is 10.2 Å². The third kappa shape index (κ3) is 5.29. The molecule has 3 heteroatoms. The molecule has 128 valence electrons. The van der Waals surface area contributed by atoms with Crippen molar-refractivity contribution in [3.8, 4) is 0 Å². The van der Waals surface area contributed by atoms with Gasteiger partial charge in [0.15, 0.2) is 0 Å². The topological polar surface area (TPSA) is 15.3 Å². The molecule has 0 heterocycles. The highest BCUT2D eigenvalue weighted by atomic mass is 32.1. The molecule has 2 nitrogen and oxygen atoms in total. The molecule has 2 rings (SSSR count). The van der Waals surface area contributed by atoms with Gasteiger partial charge in [-0.3, -0.25) is 0 Å². The summed E-state index contributed by atoms with van der Waals surface area (Å²) >= 11 is 5.84. The molecule has 0 aromatic heterocycles. The number of anilines is 1. The van der Waals surface area contributed by atoms with Gasteiger partial charge in [0.05, 0.1) is 4.99 Å². The van der Waals surface area contributed by atoms with Gasteiger partial charge >= 0.3 is 0 Å². The lowest BCUT2D eigenvalue weighted by atomic mass is 9.88. The van der Waals surface area contributed by atoms with E-state index >= 15 is 0 Å². The molecule has 1 aliphatic rings. The molecule has 1 N–H and O–H groups in total. The number of para-hydroxylation sites is 1. The average Bonchev–Trinajstić information content (AvgIpc) is 2.54. The summed E-state index contributed by atoms with van der Waals surface area (Å²) in [6.07, 6.45) is 6.52. The van der Waals surface area contributed by atoms with Crippen LogP contribution in [0.5, 0.6) is 0 Å². The predicted octanol–water partition coefficient (Wildman–Crippen LogP) is 5.18. The van der Waals surface area contributed by atoms with Crippen molar-refractivity contribution in [2.75, 3.05) is 11.4 Å². The number of nitrogens with one attached hydrogen (secondary N) is 1. The Morgan fingerprint density at radius 1 is 1.17 bits per heavy atom. The molecule has 1 aliphatic carbocycles. The summed E-state index contributed by atoms with van der Waals surface area (Å²) in [4.78, 5) is 3.44. The first kappa shape index (κ1) is 18.4. The number of thiocarbonyl (C=S) groups is 1. The highest BCUT2D eigenvalue weighted by molar-refractivity contribution is 7.80.